The van der Waals surface area contributed by atoms with Gasteiger partial charge in [-0.15, -0.1) is 0 Å². The summed E-state index contributed by atoms with van der Waals surface area (Å²) in [4.78, 5) is 4.39. The highest BCUT2D eigenvalue weighted by Crippen LogP contribution is 2.25. The second kappa shape index (κ2) is 4.09. The van der Waals surface area contributed by atoms with Gasteiger partial charge in [0.25, 0.3) is 0 Å². The summed E-state index contributed by atoms with van der Waals surface area (Å²) in [5.41, 5.74) is 3.50. The summed E-state index contributed by atoms with van der Waals surface area (Å²) in [7, 11) is 0. The van der Waals surface area contributed by atoms with Crippen LogP contribution in [0.1, 0.15) is 26.3 Å². The van der Waals surface area contributed by atoms with Crippen LogP contribution in [-0.4, -0.2) is 4.98 Å². The minimum absolute atomic E-state index is 0.159. The molecular formula is C15H16N. The summed E-state index contributed by atoms with van der Waals surface area (Å²) in [6.07, 6.45) is 1.87. The second-order valence-corrected chi connectivity index (χ2v) is 4.96. The Labute approximate surface area is 97.2 Å². The molecule has 0 aliphatic heterocycles. The van der Waals surface area contributed by atoms with Gasteiger partial charge in [0.2, 0.25) is 0 Å². The Kier molecular flexibility index (Phi) is 2.78. The molecule has 81 valence electrons. The first-order valence-electron chi connectivity index (χ1n) is 5.51. The van der Waals surface area contributed by atoms with E-state index in [0.29, 0.717) is 0 Å². The first kappa shape index (κ1) is 10.9. The summed E-state index contributed by atoms with van der Waals surface area (Å²) in [5, 5.41) is 0. The molecule has 0 N–H and O–H groups in total. The highest BCUT2D eigenvalue weighted by atomic mass is 14.7. The van der Waals surface area contributed by atoms with Crippen LogP contribution in [-0.2, 0) is 5.41 Å². The normalized spacial score (nSPS) is 11.4. The molecule has 0 aliphatic rings. The van der Waals surface area contributed by atoms with E-state index in [4.69, 9.17) is 0 Å². The zero-order valence-corrected chi connectivity index (χ0v) is 9.99. The van der Waals surface area contributed by atoms with Crippen LogP contribution < -0.4 is 0 Å². The third kappa shape index (κ3) is 2.30. The molecule has 16 heavy (non-hydrogen) atoms. The zero-order chi connectivity index (χ0) is 11.6. The fraction of sp³-hybridized carbons (Fsp3) is 0.267. The molecule has 1 aromatic heterocycles. The van der Waals surface area contributed by atoms with Gasteiger partial charge in [0, 0.05) is 11.8 Å². The van der Waals surface area contributed by atoms with Gasteiger partial charge in [0.05, 0.1) is 5.69 Å². The Morgan fingerprint density at radius 2 is 1.94 bits per heavy atom. The lowest BCUT2D eigenvalue weighted by Gasteiger charge is -2.19. The van der Waals surface area contributed by atoms with E-state index < -0.39 is 0 Å². The quantitative estimate of drug-likeness (QED) is 0.696. The summed E-state index contributed by atoms with van der Waals surface area (Å²) in [5.74, 6) is 0. The fourth-order valence-electron chi connectivity index (χ4n) is 1.60. The molecule has 0 aliphatic carbocycles. The van der Waals surface area contributed by atoms with Crippen molar-refractivity contribution in [1.82, 2.24) is 4.98 Å². The van der Waals surface area contributed by atoms with Gasteiger partial charge in [-0.3, -0.25) is 4.98 Å². The van der Waals surface area contributed by atoms with E-state index in [1.807, 2.05) is 30.5 Å². The standard InChI is InChI=1S/C15H16N/c1-15(2,3)13-9-10-16-14(11-13)12-7-5-4-6-8-12/h4-7,9-11H,1-3H3. The zero-order valence-electron chi connectivity index (χ0n) is 9.99. The van der Waals surface area contributed by atoms with E-state index in [-0.39, 0.29) is 5.41 Å². The lowest BCUT2D eigenvalue weighted by Crippen LogP contribution is -2.11. The maximum absolute atomic E-state index is 4.39. The molecular weight excluding hydrogens is 194 g/mol. The minimum Gasteiger partial charge on any atom is -0.256 e. The van der Waals surface area contributed by atoms with E-state index in [9.17, 15) is 0 Å². The van der Waals surface area contributed by atoms with Crippen LogP contribution in [0.3, 0.4) is 0 Å². The van der Waals surface area contributed by atoms with Crippen LogP contribution in [0, 0.1) is 6.07 Å². The Morgan fingerprint density at radius 3 is 2.56 bits per heavy atom. The van der Waals surface area contributed by atoms with Crippen molar-refractivity contribution in [3.8, 4) is 11.3 Å². The van der Waals surface area contributed by atoms with Crippen molar-refractivity contribution < 1.29 is 0 Å². The van der Waals surface area contributed by atoms with Crippen molar-refractivity contribution in [3.63, 3.8) is 0 Å². The van der Waals surface area contributed by atoms with Crippen LogP contribution in [0.5, 0.6) is 0 Å². The molecule has 0 spiro atoms. The van der Waals surface area contributed by atoms with Gasteiger partial charge >= 0.3 is 0 Å². The maximum Gasteiger partial charge on any atom is 0.0711 e. The molecule has 1 heteroatoms. The van der Waals surface area contributed by atoms with E-state index >= 15 is 0 Å². The molecule has 0 saturated carbocycles. The highest BCUT2D eigenvalue weighted by Gasteiger charge is 2.14. The van der Waals surface area contributed by atoms with Gasteiger partial charge in [-0.05, 0) is 29.2 Å². The molecule has 1 radical (unpaired) electrons. The Balaban J connectivity index is 2.45. The van der Waals surface area contributed by atoms with E-state index in [1.165, 1.54) is 5.56 Å². The molecule has 2 aromatic rings. The average molecular weight is 210 g/mol. The molecule has 0 atom stereocenters. The molecule has 0 unspecified atom stereocenters. The Hall–Kier alpha value is -1.63. The van der Waals surface area contributed by atoms with Gasteiger partial charge < -0.3 is 0 Å². The number of nitrogens with zero attached hydrogens (tertiary/aromatic N) is 1. The molecule has 0 amide bonds. The topological polar surface area (TPSA) is 12.9 Å². The van der Waals surface area contributed by atoms with Gasteiger partial charge in [0.15, 0.2) is 0 Å². The van der Waals surface area contributed by atoms with Crippen LogP contribution in [0.4, 0.5) is 0 Å². The largest absolute Gasteiger partial charge is 0.256 e. The number of hydrogen-bond donors (Lipinski definition) is 0. The van der Waals surface area contributed by atoms with Crippen molar-refractivity contribution in [2.75, 3.05) is 0 Å². The van der Waals surface area contributed by atoms with Crippen molar-refractivity contribution in [2.45, 2.75) is 26.2 Å². The lowest BCUT2D eigenvalue weighted by atomic mass is 9.87. The number of hydrogen-bond acceptors (Lipinski definition) is 1. The summed E-state index contributed by atoms with van der Waals surface area (Å²) in [6, 6.07) is 15.4. The monoisotopic (exact) mass is 210 g/mol. The fourth-order valence-corrected chi connectivity index (χ4v) is 1.60. The maximum atomic E-state index is 4.39. The summed E-state index contributed by atoms with van der Waals surface area (Å²) in [6.45, 7) is 6.63. The number of aromatic nitrogens is 1. The minimum atomic E-state index is 0.159. The molecule has 0 bridgehead atoms. The first-order valence-corrected chi connectivity index (χ1v) is 5.51. The van der Waals surface area contributed by atoms with Gasteiger partial charge in [-0.2, -0.15) is 0 Å². The highest BCUT2D eigenvalue weighted by molar-refractivity contribution is 5.59. The van der Waals surface area contributed by atoms with Crippen LogP contribution >= 0.6 is 0 Å². The van der Waals surface area contributed by atoms with Crippen molar-refractivity contribution in [2.24, 2.45) is 0 Å². The van der Waals surface area contributed by atoms with E-state index in [2.05, 4.69) is 44.0 Å². The average Bonchev–Trinajstić information content (AvgIpc) is 2.29. The molecule has 2 rings (SSSR count). The van der Waals surface area contributed by atoms with E-state index in [1.54, 1.807) is 0 Å². The van der Waals surface area contributed by atoms with Gasteiger partial charge in [-0.25, -0.2) is 0 Å². The lowest BCUT2D eigenvalue weighted by molar-refractivity contribution is 0.589. The number of rotatable bonds is 1. The van der Waals surface area contributed by atoms with E-state index in [0.717, 1.165) is 11.3 Å². The molecule has 0 saturated heterocycles. The van der Waals surface area contributed by atoms with Gasteiger partial charge in [0.1, 0.15) is 0 Å². The number of pyridine rings is 1. The second-order valence-electron chi connectivity index (χ2n) is 4.96. The molecule has 0 fully saturated rings. The first-order chi connectivity index (χ1) is 7.57. The third-order valence-electron chi connectivity index (χ3n) is 2.61. The third-order valence-corrected chi connectivity index (χ3v) is 2.61. The summed E-state index contributed by atoms with van der Waals surface area (Å²) < 4.78 is 0. The van der Waals surface area contributed by atoms with Crippen LogP contribution in [0.2, 0.25) is 0 Å². The van der Waals surface area contributed by atoms with Crippen molar-refractivity contribution >= 4 is 0 Å². The van der Waals surface area contributed by atoms with Crippen LogP contribution in [0.15, 0.2) is 42.6 Å². The number of benzene rings is 1. The molecule has 1 heterocycles. The van der Waals surface area contributed by atoms with Gasteiger partial charge in [-0.1, -0.05) is 45.0 Å². The Bertz CT molecular complexity index is 466. The summed E-state index contributed by atoms with van der Waals surface area (Å²) >= 11 is 0. The van der Waals surface area contributed by atoms with Crippen LogP contribution in [0.25, 0.3) is 11.3 Å². The molecule has 1 nitrogen and oxygen atoms in total. The Morgan fingerprint density at radius 1 is 1.12 bits per heavy atom. The van der Waals surface area contributed by atoms with Crippen molar-refractivity contribution in [1.29, 1.82) is 0 Å². The predicted octanol–water partition coefficient (Wildman–Crippen LogP) is 3.85. The molecule has 1 aromatic carbocycles. The SMILES string of the molecule is CC(C)(C)c1ccnc(-c2[c]cccc2)c1. The van der Waals surface area contributed by atoms with Crippen molar-refractivity contribution in [3.05, 3.63) is 54.2 Å². The smallest absolute Gasteiger partial charge is 0.0711 e. The predicted molar refractivity (Wildman–Crippen MR) is 67.2 cm³/mol.